The lowest BCUT2D eigenvalue weighted by molar-refractivity contribution is -0.120. The molecule has 0 bridgehead atoms. The van der Waals surface area contributed by atoms with E-state index in [1.165, 1.54) is 5.56 Å². The highest BCUT2D eigenvalue weighted by atomic mass is 79.9. The van der Waals surface area contributed by atoms with Gasteiger partial charge in [-0.3, -0.25) is 4.79 Å². The summed E-state index contributed by atoms with van der Waals surface area (Å²) in [6, 6.07) is 6.07. The summed E-state index contributed by atoms with van der Waals surface area (Å²) in [6.45, 7) is 2.15. The van der Waals surface area contributed by atoms with Crippen LogP contribution in [0, 0.1) is 11.8 Å². The molecular weight excluding hydrogens is 326 g/mol. The van der Waals surface area contributed by atoms with Crippen LogP contribution in [-0.4, -0.2) is 11.8 Å². The van der Waals surface area contributed by atoms with Gasteiger partial charge in [0.05, 0.1) is 0 Å². The molecule has 3 rings (SSSR count). The molecule has 3 unspecified atom stereocenters. The second-order valence-corrected chi connectivity index (χ2v) is 6.91. The quantitative estimate of drug-likeness (QED) is 0.831. The van der Waals surface area contributed by atoms with Crippen LogP contribution < -0.4 is 5.32 Å². The summed E-state index contributed by atoms with van der Waals surface area (Å²) in [7, 11) is 0. The fraction of sp³-hybridized carbons (Fsp3) is 0.400. The highest BCUT2D eigenvalue weighted by Crippen LogP contribution is 2.38. The topological polar surface area (TPSA) is 29.1 Å². The third-order valence-corrected chi connectivity index (χ3v) is 4.83. The van der Waals surface area contributed by atoms with Crippen molar-refractivity contribution in [2.24, 2.45) is 11.8 Å². The van der Waals surface area contributed by atoms with Crippen molar-refractivity contribution < 1.29 is 4.79 Å². The van der Waals surface area contributed by atoms with Crippen LogP contribution in [0.3, 0.4) is 0 Å². The molecule has 2 aliphatic rings. The number of rotatable bonds is 1. The molecule has 1 aliphatic carbocycles. The summed E-state index contributed by atoms with van der Waals surface area (Å²) in [5.41, 5.74) is 2.33. The Labute approximate surface area is 126 Å². The molecule has 0 saturated carbocycles. The Bertz CT molecular complexity index is 569. The zero-order chi connectivity index (χ0) is 13.6. The van der Waals surface area contributed by atoms with Crippen LogP contribution >= 0.6 is 27.5 Å². The van der Waals surface area contributed by atoms with Gasteiger partial charge < -0.3 is 5.32 Å². The zero-order valence-corrected chi connectivity index (χ0v) is 13.0. The van der Waals surface area contributed by atoms with Crippen molar-refractivity contribution >= 4 is 39.0 Å². The Morgan fingerprint density at radius 3 is 2.89 bits per heavy atom. The van der Waals surface area contributed by atoms with E-state index in [-0.39, 0.29) is 17.7 Å². The number of anilines is 1. The predicted octanol–water partition coefficient (Wildman–Crippen LogP) is 4.18. The summed E-state index contributed by atoms with van der Waals surface area (Å²) >= 11 is 9.47. The maximum absolute atomic E-state index is 12.2. The van der Waals surface area contributed by atoms with Gasteiger partial charge in [-0.05, 0) is 53.1 Å². The van der Waals surface area contributed by atoms with E-state index in [9.17, 15) is 4.79 Å². The molecule has 0 amide bonds. The van der Waals surface area contributed by atoms with Crippen molar-refractivity contribution in [1.82, 2.24) is 0 Å². The second-order valence-electron chi connectivity index (χ2n) is 5.46. The molecule has 19 heavy (non-hydrogen) atoms. The van der Waals surface area contributed by atoms with Crippen molar-refractivity contribution in [2.75, 3.05) is 5.32 Å². The van der Waals surface area contributed by atoms with Gasteiger partial charge in [0.1, 0.15) is 0 Å². The van der Waals surface area contributed by atoms with Crippen LogP contribution in [0.2, 0.25) is 5.02 Å². The number of hydrogen-bond donors (Lipinski definition) is 1. The lowest BCUT2D eigenvalue weighted by Gasteiger charge is -2.30. The van der Waals surface area contributed by atoms with Gasteiger partial charge in [0, 0.05) is 22.7 Å². The molecule has 0 aromatic heterocycles. The highest BCUT2D eigenvalue weighted by Gasteiger charge is 2.37. The molecule has 1 aromatic rings. The van der Waals surface area contributed by atoms with Crippen LogP contribution in [0.4, 0.5) is 5.69 Å². The van der Waals surface area contributed by atoms with Crippen LogP contribution in [0.15, 0.2) is 28.8 Å². The Hall–Kier alpha value is -0.800. The number of hydrogen-bond acceptors (Lipinski definition) is 2. The fourth-order valence-electron chi connectivity index (χ4n) is 3.20. The van der Waals surface area contributed by atoms with E-state index in [0.717, 1.165) is 28.0 Å². The summed E-state index contributed by atoms with van der Waals surface area (Å²) in [5, 5.41) is 4.24. The van der Waals surface area contributed by atoms with E-state index < -0.39 is 0 Å². The number of fused-ring (bicyclic) bond motifs is 1. The molecule has 0 saturated heterocycles. The molecule has 0 fully saturated rings. The number of carbonyl (C=O) groups excluding carboxylic acids is 1. The standard InChI is InChI=1S/C15H15BrClNO/c1-8-4-10(16)7-14(19)15(8)13-6-9-5-11(17)2-3-12(9)18-13/h2-3,5,7-8,13,15,18H,4,6H2,1H3. The van der Waals surface area contributed by atoms with Crippen molar-refractivity contribution in [3.8, 4) is 0 Å². The average molecular weight is 341 g/mol. The zero-order valence-electron chi connectivity index (χ0n) is 10.6. The minimum Gasteiger partial charge on any atom is -0.381 e. The normalized spacial score (nSPS) is 29.7. The molecule has 1 aromatic carbocycles. The minimum absolute atomic E-state index is 0.0486. The van der Waals surface area contributed by atoms with Gasteiger partial charge in [0.15, 0.2) is 5.78 Å². The molecule has 100 valence electrons. The van der Waals surface area contributed by atoms with E-state index in [4.69, 9.17) is 11.6 Å². The van der Waals surface area contributed by atoms with Gasteiger partial charge in [-0.25, -0.2) is 0 Å². The monoisotopic (exact) mass is 339 g/mol. The number of benzene rings is 1. The van der Waals surface area contributed by atoms with Crippen LogP contribution in [0.25, 0.3) is 0 Å². The molecule has 1 N–H and O–H groups in total. The smallest absolute Gasteiger partial charge is 0.161 e. The number of nitrogens with one attached hydrogen (secondary N) is 1. The van der Waals surface area contributed by atoms with Crippen LogP contribution in [0.1, 0.15) is 18.9 Å². The van der Waals surface area contributed by atoms with E-state index in [1.54, 1.807) is 6.08 Å². The van der Waals surface area contributed by atoms with Crippen molar-refractivity contribution in [2.45, 2.75) is 25.8 Å². The number of halogens is 2. The fourth-order valence-corrected chi connectivity index (χ4v) is 4.13. The summed E-state index contributed by atoms with van der Waals surface area (Å²) in [4.78, 5) is 12.2. The summed E-state index contributed by atoms with van der Waals surface area (Å²) in [6.07, 6.45) is 3.55. The summed E-state index contributed by atoms with van der Waals surface area (Å²) in [5.74, 6) is 0.628. The Kier molecular flexibility index (Phi) is 3.44. The first-order valence-corrected chi connectivity index (χ1v) is 7.66. The van der Waals surface area contributed by atoms with Gasteiger partial charge in [-0.1, -0.05) is 34.5 Å². The van der Waals surface area contributed by atoms with Crippen molar-refractivity contribution in [3.05, 3.63) is 39.3 Å². The Morgan fingerprint density at radius 1 is 1.37 bits per heavy atom. The Morgan fingerprint density at radius 2 is 2.16 bits per heavy atom. The first-order chi connectivity index (χ1) is 9.04. The first-order valence-electron chi connectivity index (χ1n) is 6.49. The molecule has 0 spiro atoms. The lowest BCUT2D eigenvalue weighted by Crippen LogP contribution is -2.38. The van der Waals surface area contributed by atoms with Gasteiger partial charge >= 0.3 is 0 Å². The van der Waals surface area contributed by atoms with Crippen LogP contribution in [-0.2, 0) is 11.2 Å². The van der Waals surface area contributed by atoms with E-state index in [1.807, 2.05) is 18.2 Å². The van der Waals surface area contributed by atoms with E-state index in [2.05, 4.69) is 28.2 Å². The first kappa shape index (κ1) is 13.2. The molecule has 2 nitrogen and oxygen atoms in total. The SMILES string of the molecule is CC1CC(Br)=CC(=O)C1C1Cc2cc(Cl)ccc2N1. The number of carbonyl (C=O) groups is 1. The minimum atomic E-state index is 0.0486. The van der Waals surface area contributed by atoms with E-state index >= 15 is 0 Å². The molecule has 1 heterocycles. The van der Waals surface area contributed by atoms with Gasteiger partial charge in [0.2, 0.25) is 0 Å². The second kappa shape index (κ2) is 4.95. The third kappa shape index (κ3) is 2.46. The van der Waals surface area contributed by atoms with Gasteiger partial charge in [-0.15, -0.1) is 0 Å². The van der Waals surface area contributed by atoms with Crippen LogP contribution in [0.5, 0.6) is 0 Å². The third-order valence-electron chi connectivity index (χ3n) is 4.04. The van der Waals surface area contributed by atoms with Crippen molar-refractivity contribution in [1.29, 1.82) is 0 Å². The number of ketones is 1. The molecule has 3 atom stereocenters. The maximum Gasteiger partial charge on any atom is 0.161 e. The predicted molar refractivity (Wildman–Crippen MR) is 81.9 cm³/mol. The molecular formula is C15H15BrClNO. The van der Waals surface area contributed by atoms with Crippen molar-refractivity contribution in [3.63, 3.8) is 0 Å². The lowest BCUT2D eigenvalue weighted by atomic mass is 9.78. The Balaban J connectivity index is 1.85. The van der Waals surface area contributed by atoms with Gasteiger partial charge in [0.25, 0.3) is 0 Å². The highest BCUT2D eigenvalue weighted by molar-refractivity contribution is 9.11. The average Bonchev–Trinajstić information content (AvgIpc) is 2.69. The molecule has 1 aliphatic heterocycles. The number of allylic oxidation sites excluding steroid dienone is 2. The van der Waals surface area contributed by atoms with Gasteiger partial charge in [-0.2, -0.15) is 0 Å². The summed E-state index contributed by atoms with van der Waals surface area (Å²) < 4.78 is 1.01. The largest absolute Gasteiger partial charge is 0.381 e. The maximum atomic E-state index is 12.2. The molecule has 0 radical (unpaired) electrons. The van der Waals surface area contributed by atoms with E-state index in [0.29, 0.717) is 5.92 Å². The molecule has 4 heteroatoms.